The van der Waals surface area contributed by atoms with E-state index in [0.717, 1.165) is 44.2 Å². The first-order chi connectivity index (χ1) is 20.6. The first-order valence-corrected chi connectivity index (χ1v) is 15.3. The minimum atomic E-state index is -0.185. The van der Waals surface area contributed by atoms with Gasteiger partial charge in [0.2, 0.25) is 5.89 Å². The van der Waals surface area contributed by atoms with E-state index in [9.17, 15) is 5.11 Å². The summed E-state index contributed by atoms with van der Waals surface area (Å²) in [6.45, 7) is 20.1. The number of phenolic OH excluding ortho intramolecular Hbond substituents is 1. The summed E-state index contributed by atoms with van der Waals surface area (Å²) in [7, 11) is 0. The van der Waals surface area contributed by atoms with E-state index in [1.54, 1.807) is 12.1 Å². The molecular formula is C40H41N2O2Pt-. The number of pyridine rings is 1. The number of phenols is 1. The maximum absolute atomic E-state index is 10.6. The molecule has 0 saturated carbocycles. The molecule has 45 heavy (non-hydrogen) atoms. The molecule has 234 valence electrons. The molecule has 0 bridgehead atoms. The fourth-order valence-corrected chi connectivity index (χ4v) is 5.79. The summed E-state index contributed by atoms with van der Waals surface area (Å²) in [6.07, 6.45) is 1.96. The molecule has 1 N–H and O–H groups in total. The minimum absolute atomic E-state index is 0. The van der Waals surface area contributed by atoms with Crippen molar-refractivity contribution < 1.29 is 30.6 Å². The third kappa shape index (κ3) is 6.23. The van der Waals surface area contributed by atoms with Crippen LogP contribution in [-0.4, -0.2) is 15.1 Å². The second-order valence-corrected chi connectivity index (χ2v) is 14.9. The average Bonchev–Trinajstić information content (AvgIpc) is 3.39. The zero-order valence-corrected chi connectivity index (χ0v) is 29.8. The molecule has 4 aromatic carbocycles. The van der Waals surface area contributed by atoms with Gasteiger partial charge in [0.05, 0.1) is 11.1 Å². The molecule has 0 saturated heterocycles. The molecule has 4 nitrogen and oxygen atoms in total. The zero-order valence-electron chi connectivity index (χ0n) is 27.6. The van der Waals surface area contributed by atoms with Gasteiger partial charge in [-0.25, -0.2) is 4.98 Å². The Labute approximate surface area is 281 Å². The van der Waals surface area contributed by atoms with Gasteiger partial charge in [-0.3, -0.25) is 4.98 Å². The molecule has 6 aromatic rings. The molecule has 0 aliphatic heterocycles. The Kier molecular flexibility index (Phi) is 8.38. The molecule has 2 heterocycles. The zero-order chi connectivity index (χ0) is 31.6. The fourth-order valence-electron chi connectivity index (χ4n) is 5.79. The fraction of sp³-hybridized carbons (Fsp3) is 0.300. The third-order valence-electron chi connectivity index (χ3n) is 8.35. The molecular weight excluding hydrogens is 736 g/mol. The van der Waals surface area contributed by atoms with E-state index < -0.39 is 0 Å². The van der Waals surface area contributed by atoms with Gasteiger partial charge in [0, 0.05) is 33.0 Å². The second kappa shape index (κ2) is 11.6. The molecule has 0 amide bonds. The van der Waals surface area contributed by atoms with Crippen LogP contribution >= 0.6 is 0 Å². The molecule has 0 spiro atoms. The predicted molar refractivity (Wildman–Crippen MR) is 182 cm³/mol. The van der Waals surface area contributed by atoms with Gasteiger partial charge in [-0.15, -0.1) is 28.8 Å². The van der Waals surface area contributed by atoms with Crippen LogP contribution in [0.25, 0.3) is 55.7 Å². The van der Waals surface area contributed by atoms with Gasteiger partial charge >= 0.3 is 0 Å². The number of hydrogen-bond acceptors (Lipinski definition) is 4. The summed E-state index contributed by atoms with van der Waals surface area (Å²) in [4.78, 5) is 9.98. The van der Waals surface area contributed by atoms with Crippen LogP contribution < -0.4 is 0 Å². The van der Waals surface area contributed by atoms with Gasteiger partial charge in [0.15, 0.2) is 0 Å². The molecule has 6 rings (SSSR count). The SMILES string of the molecule is CC(C)(C)c1cc(-c2[c-]c(-c3cc4ccccc4cn3)c(C(C)(C)C)cc2C(C)(C)C)c2nc(-c3ccccc3O)oc2c1.[Pt]. The Hall–Kier alpha value is -3.75. The first kappa shape index (κ1) is 32.6. The number of fused-ring (bicyclic) bond motifs is 2. The van der Waals surface area contributed by atoms with Gasteiger partial charge in [0.1, 0.15) is 11.3 Å². The molecule has 2 aromatic heterocycles. The van der Waals surface area contributed by atoms with E-state index in [0.29, 0.717) is 17.0 Å². The Bertz CT molecular complexity index is 2040. The topological polar surface area (TPSA) is 59.2 Å². The van der Waals surface area contributed by atoms with Crippen molar-refractivity contribution in [3.05, 3.63) is 102 Å². The van der Waals surface area contributed by atoms with Gasteiger partial charge in [0.25, 0.3) is 0 Å². The van der Waals surface area contributed by atoms with Crippen molar-refractivity contribution >= 4 is 21.9 Å². The predicted octanol–water partition coefficient (Wildman–Crippen LogP) is 10.8. The van der Waals surface area contributed by atoms with Crippen molar-refractivity contribution in [2.24, 2.45) is 0 Å². The Morgan fingerprint density at radius 3 is 1.93 bits per heavy atom. The quantitative estimate of drug-likeness (QED) is 0.182. The standard InChI is InChI=1S/C40H41N2O2.Pt/c1-38(2,3)26-19-29(36-35(20-26)44-37(42-36)27-16-12-13-17-34(27)43)28-21-30(32(40(7,8)9)22-31(28)39(4,5)6)33-18-24-14-10-11-15-25(24)23-41-33;/h10-20,22-23,43H,1-9H3;/q-1;. The third-order valence-corrected chi connectivity index (χ3v) is 8.35. The van der Waals surface area contributed by atoms with Crippen molar-refractivity contribution in [3.63, 3.8) is 0 Å². The maximum Gasteiger partial charge on any atom is 0.230 e. The van der Waals surface area contributed by atoms with Crippen LogP contribution in [-0.2, 0) is 37.3 Å². The molecule has 0 radical (unpaired) electrons. The average molecular weight is 777 g/mol. The van der Waals surface area contributed by atoms with E-state index in [1.165, 1.54) is 11.1 Å². The largest absolute Gasteiger partial charge is 0.507 e. The van der Waals surface area contributed by atoms with E-state index in [-0.39, 0.29) is 43.1 Å². The Balaban J connectivity index is 0.00000400. The number of benzene rings is 4. The van der Waals surface area contributed by atoms with Crippen molar-refractivity contribution in [1.29, 1.82) is 0 Å². The van der Waals surface area contributed by atoms with Crippen LogP contribution in [0.15, 0.2) is 83.4 Å². The molecule has 0 atom stereocenters. The number of oxazole rings is 1. The normalized spacial score (nSPS) is 12.5. The van der Waals surface area contributed by atoms with Crippen molar-refractivity contribution in [3.8, 4) is 39.6 Å². The van der Waals surface area contributed by atoms with Gasteiger partial charge in [-0.2, -0.15) is 0 Å². The van der Waals surface area contributed by atoms with Crippen molar-refractivity contribution in [2.45, 2.75) is 78.6 Å². The number of para-hydroxylation sites is 1. The van der Waals surface area contributed by atoms with E-state index in [1.807, 2.05) is 24.4 Å². The number of aromatic nitrogens is 2. The summed E-state index contributed by atoms with van der Waals surface area (Å²) in [5.74, 6) is 0.531. The maximum atomic E-state index is 10.6. The second-order valence-electron chi connectivity index (χ2n) is 14.9. The van der Waals surface area contributed by atoms with Crippen LogP contribution in [0.3, 0.4) is 0 Å². The summed E-state index contributed by atoms with van der Waals surface area (Å²) in [5.41, 5.74) is 8.89. The van der Waals surface area contributed by atoms with Gasteiger partial charge in [-0.1, -0.05) is 122 Å². The van der Waals surface area contributed by atoms with Gasteiger partial charge < -0.3 is 9.52 Å². The molecule has 0 aliphatic carbocycles. The summed E-state index contributed by atoms with van der Waals surface area (Å²) in [6, 6.07) is 28.3. The monoisotopic (exact) mass is 776 g/mol. The number of aromatic hydroxyl groups is 1. The Morgan fingerprint density at radius 2 is 1.29 bits per heavy atom. The minimum Gasteiger partial charge on any atom is -0.507 e. The molecule has 0 aliphatic rings. The summed E-state index contributed by atoms with van der Waals surface area (Å²) < 4.78 is 6.40. The smallest absolute Gasteiger partial charge is 0.230 e. The van der Waals surface area contributed by atoms with Crippen LogP contribution in [0.1, 0.15) is 79.0 Å². The van der Waals surface area contributed by atoms with E-state index in [2.05, 4.69) is 111 Å². The summed E-state index contributed by atoms with van der Waals surface area (Å²) >= 11 is 0. The molecule has 5 heteroatoms. The van der Waals surface area contributed by atoms with Crippen LogP contribution in [0.4, 0.5) is 0 Å². The number of nitrogens with zero attached hydrogens (tertiary/aromatic N) is 2. The van der Waals surface area contributed by atoms with E-state index in [4.69, 9.17) is 14.4 Å². The van der Waals surface area contributed by atoms with Gasteiger partial charge in [-0.05, 0) is 50.8 Å². The number of hydrogen-bond donors (Lipinski definition) is 1. The molecule has 0 unspecified atom stereocenters. The van der Waals surface area contributed by atoms with Crippen molar-refractivity contribution in [2.75, 3.05) is 0 Å². The van der Waals surface area contributed by atoms with Crippen LogP contribution in [0, 0.1) is 6.07 Å². The van der Waals surface area contributed by atoms with Crippen LogP contribution in [0.2, 0.25) is 0 Å². The number of rotatable bonds is 3. The first-order valence-electron chi connectivity index (χ1n) is 15.3. The van der Waals surface area contributed by atoms with Crippen molar-refractivity contribution in [1.82, 2.24) is 9.97 Å². The molecule has 0 fully saturated rings. The Morgan fingerprint density at radius 1 is 0.667 bits per heavy atom. The summed E-state index contributed by atoms with van der Waals surface area (Å²) in [5, 5.41) is 12.9. The van der Waals surface area contributed by atoms with E-state index >= 15 is 0 Å². The van der Waals surface area contributed by atoms with Crippen LogP contribution in [0.5, 0.6) is 5.75 Å².